The maximum atomic E-state index is 12.8. The first-order chi connectivity index (χ1) is 16.7. The lowest BCUT2D eigenvalue weighted by Gasteiger charge is -2.15. The number of anilines is 1. The molecule has 0 fully saturated rings. The fourth-order valence-corrected chi connectivity index (χ4v) is 3.62. The van der Waals surface area contributed by atoms with E-state index in [2.05, 4.69) is 24.2 Å². The molecular formula is C28H34N2O5. The quantitative estimate of drug-likeness (QED) is 0.234. The average molecular weight is 479 g/mol. The fourth-order valence-electron chi connectivity index (χ4n) is 3.62. The van der Waals surface area contributed by atoms with E-state index in [4.69, 9.17) is 9.15 Å². The van der Waals surface area contributed by atoms with Gasteiger partial charge in [0.25, 0.3) is 5.91 Å². The predicted molar refractivity (Wildman–Crippen MR) is 140 cm³/mol. The predicted octanol–water partition coefficient (Wildman–Crippen LogP) is 5.29. The molecular weight excluding hydrogens is 444 g/mol. The van der Waals surface area contributed by atoms with Crippen molar-refractivity contribution >= 4 is 22.6 Å². The van der Waals surface area contributed by atoms with Gasteiger partial charge in [-0.25, -0.2) is 4.79 Å². The summed E-state index contributed by atoms with van der Waals surface area (Å²) in [4.78, 5) is 27.7. The van der Waals surface area contributed by atoms with Crippen LogP contribution in [-0.4, -0.2) is 42.7 Å². The average Bonchev–Trinajstić information content (AvgIpc) is 2.83. The number of ether oxygens (including phenoxy) is 1. The number of phenols is 1. The van der Waals surface area contributed by atoms with E-state index in [-0.39, 0.29) is 11.4 Å². The number of fused-ring (bicyclic) bond motifs is 1. The summed E-state index contributed by atoms with van der Waals surface area (Å²) in [6.45, 7) is 10.4. The number of hydrogen-bond acceptors (Lipinski definition) is 6. The summed E-state index contributed by atoms with van der Waals surface area (Å²) in [5, 5.41) is 13.4. The number of aryl methyl sites for hydroxylation is 1. The Labute approximate surface area is 206 Å². The minimum Gasteiger partial charge on any atom is -0.508 e. The number of hydrogen-bond donors (Lipinski definition) is 2. The minimum absolute atomic E-state index is 0.0529. The molecule has 3 rings (SSSR count). The first-order valence-corrected chi connectivity index (χ1v) is 11.8. The Morgan fingerprint density at radius 1 is 1.20 bits per heavy atom. The van der Waals surface area contributed by atoms with E-state index in [0.717, 1.165) is 30.6 Å². The second-order valence-electron chi connectivity index (χ2n) is 8.94. The van der Waals surface area contributed by atoms with Crippen LogP contribution in [0.25, 0.3) is 11.0 Å². The van der Waals surface area contributed by atoms with Crippen molar-refractivity contribution in [1.82, 2.24) is 4.90 Å². The topological polar surface area (TPSA) is 92.0 Å². The lowest BCUT2D eigenvalue weighted by Crippen LogP contribution is -2.20. The zero-order chi connectivity index (χ0) is 25.5. The summed E-state index contributed by atoms with van der Waals surface area (Å²) in [6.07, 6.45) is 3.37. The Hall–Kier alpha value is -3.58. The van der Waals surface area contributed by atoms with Gasteiger partial charge in [0.15, 0.2) is 0 Å². The van der Waals surface area contributed by atoms with E-state index < -0.39 is 11.5 Å². The monoisotopic (exact) mass is 478 g/mol. The van der Waals surface area contributed by atoms with Gasteiger partial charge in [0.2, 0.25) is 0 Å². The van der Waals surface area contributed by atoms with E-state index >= 15 is 0 Å². The normalized spacial score (nSPS) is 11.0. The molecule has 0 atom stereocenters. The van der Waals surface area contributed by atoms with Gasteiger partial charge in [-0.2, -0.15) is 0 Å². The maximum Gasteiger partial charge on any atom is 0.360 e. The Balaban J connectivity index is 1.77. The second-order valence-corrected chi connectivity index (χ2v) is 8.94. The first kappa shape index (κ1) is 26.0. The van der Waals surface area contributed by atoms with Crippen LogP contribution in [0.1, 0.15) is 48.7 Å². The lowest BCUT2D eigenvalue weighted by molar-refractivity contribution is 0.102. The Morgan fingerprint density at radius 2 is 1.97 bits per heavy atom. The third-order valence-electron chi connectivity index (χ3n) is 5.90. The van der Waals surface area contributed by atoms with E-state index in [1.807, 2.05) is 39.0 Å². The zero-order valence-corrected chi connectivity index (χ0v) is 21.1. The number of carbonyl (C=O) groups is 1. The molecule has 0 aliphatic heterocycles. The molecule has 35 heavy (non-hydrogen) atoms. The van der Waals surface area contributed by atoms with Gasteiger partial charge in [0, 0.05) is 23.1 Å². The SMILES string of the molecule is CCN(C)CCCOc1ccc2cc(NC(=O)c3ccc(O)c(CC=C(C)C)c3)c(=O)oc2c1C. The molecule has 1 amide bonds. The van der Waals surface area contributed by atoms with Gasteiger partial charge in [-0.15, -0.1) is 0 Å². The van der Waals surface area contributed by atoms with E-state index in [1.165, 1.54) is 12.1 Å². The number of carbonyl (C=O) groups excluding carboxylic acids is 1. The molecule has 1 heterocycles. The fraction of sp³-hybridized carbons (Fsp3) is 0.357. The summed E-state index contributed by atoms with van der Waals surface area (Å²) in [7, 11) is 2.07. The van der Waals surface area contributed by atoms with Gasteiger partial charge in [-0.1, -0.05) is 18.6 Å². The summed E-state index contributed by atoms with van der Waals surface area (Å²) in [5.74, 6) is 0.337. The number of nitrogens with zero attached hydrogens (tertiary/aromatic N) is 1. The van der Waals surface area contributed by atoms with Crippen LogP contribution in [0, 0.1) is 6.92 Å². The molecule has 0 unspecified atom stereocenters. The van der Waals surface area contributed by atoms with Crippen molar-refractivity contribution in [2.24, 2.45) is 0 Å². The number of allylic oxidation sites excluding steroid dienone is 2. The molecule has 2 N–H and O–H groups in total. The van der Waals surface area contributed by atoms with Gasteiger partial charge in [0.05, 0.1) is 6.61 Å². The summed E-state index contributed by atoms with van der Waals surface area (Å²) in [5.41, 5.74) is 2.67. The largest absolute Gasteiger partial charge is 0.508 e. The van der Waals surface area contributed by atoms with Crippen LogP contribution >= 0.6 is 0 Å². The molecule has 0 aliphatic rings. The first-order valence-electron chi connectivity index (χ1n) is 11.8. The van der Waals surface area contributed by atoms with Crippen molar-refractivity contribution in [2.75, 3.05) is 32.1 Å². The number of aromatic hydroxyl groups is 1. The highest BCUT2D eigenvalue weighted by atomic mass is 16.5. The number of amides is 1. The molecule has 1 aromatic heterocycles. The molecule has 0 aliphatic carbocycles. The van der Waals surface area contributed by atoms with Crippen molar-refractivity contribution in [3.63, 3.8) is 0 Å². The molecule has 0 saturated heterocycles. The van der Waals surface area contributed by atoms with E-state index in [9.17, 15) is 14.7 Å². The summed E-state index contributed by atoms with van der Waals surface area (Å²) < 4.78 is 11.5. The summed E-state index contributed by atoms with van der Waals surface area (Å²) >= 11 is 0. The van der Waals surface area contributed by atoms with Crippen LogP contribution in [-0.2, 0) is 6.42 Å². The Bertz CT molecular complexity index is 1290. The van der Waals surface area contributed by atoms with E-state index in [0.29, 0.717) is 40.9 Å². The third-order valence-corrected chi connectivity index (χ3v) is 5.90. The van der Waals surface area contributed by atoms with Gasteiger partial charge < -0.3 is 24.5 Å². The second kappa shape index (κ2) is 11.7. The highest BCUT2D eigenvalue weighted by molar-refractivity contribution is 6.05. The molecule has 7 nitrogen and oxygen atoms in total. The van der Waals surface area contributed by atoms with Crippen LogP contribution in [0.4, 0.5) is 5.69 Å². The number of benzene rings is 2. The molecule has 0 radical (unpaired) electrons. The maximum absolute atomic E-state index is 12.8. The van der Waals surface area contributed by atoms with Crippen molar-refractivity contribution in [2.45, 2.75) is 40.5 Å². The van der Waals surface area contributed by atoms with Gasteiger partial charge in [-0.3, -0.25) is 4.79 Å². The zero-order valence-electron chi connectivity index (χ0n) is 21.1. The van der Waals surface area contributed by atoms with Crippen molar-refractivity contribution in [1.29, 1.82) is 0 Å². The number of rotatable bonds is 10. The van der Waals surface area contributed by atoms with Crippen LogP contribution in [0.2, 0.25) is 0 Å². The smallest absolute Gasteiger partial charge is 0.360 e. The van der Waals surface area contributed by atoms with Crippen molar-refractivity contribution < 1.29 is 19.1 Å². The third kappa shape index (κ3) is 6.73. The molecule has 186 valence electrons. The minimum atomic E-state index is -0.640. The van der Waals surface area contributed by atoms with Gasteiger partial charge >= 0.3 is 5.63 Å². The lowest BCUT2D eigenvalue weighted by atomic mass is 10.0. The van der Waals surface area contributed by atoms with Crippen LogP contribution in [0.3, 0.4) is 0 Å². The van der Waals surface area contributed by atoms with Crippen LogP contribution < -0.4 is 15.7 Å². The molecule has 0 spiro atoms. The van der Waals surface area contributed by atoms with Crippen LogP contribution in [0.15, 0.2) is 57.3 Å². The molecule has 0 bridgehead atoms. The van der Waals surface area contributed by atoms with Crippen molar-refractivity contribution in [3.8, 4) is 11.5 Å². The molecule has 7 heteroatoms. The Morgan fingerprint density at radius 3 is 2.69 bits per heavy atom. The van der Waals surface area contributed by atoms with Crippen LogP contribution in [0.5, 0.6) is 11.5 Å². The highest BCUT2D eigenvalue weighted by Crippen LogP contribution is 2.28. The molecule has 0 saturated carbocycles. The highest BCUT2D eigenvalue weighted by Gasteiger charge is 2.15. The van der Waals surface area contributed by atoms with Gasteiger partial charge in [0.1, 0.15) is 22.8 Å². The standard InChI is InChI=1S/C28H34N2O5/c1-6-30(5)14-7-15-34-25-13-11-21-17-23(28(33)35-26(21)19(25)4)29-27(32)22-10-12-24(31)20(16-22)9-8-18(2)3/h8,10-13,16-17,31H,6-7,9,14-15H2,1-5H3,(H,29,32). The number of phenolic OH excluding ortho intramolecular Hbond substituents is 1. The molecule has 3 aromatic rings. The van der Waals surface area contributed by atoms with E-state index in [1.54, 1.807) is 12.1 Å². The summed E-state index contributed by atoms with van der Waals surface area (Å²) in [6, 6.07) is 9.90. The van der Waals surface area contributed by atoms with Gasteiger partial charge in [-0.05, 0) is 89.2 Å². The Kier molecular flexibility index (Phi) is 8.71. The molecule has 2 aromatic carbocycles. The number of nitrogens with one attached hydrogen (secondary N) is 1. The van der Waals surface area contributed by atoms with Crippen molar-refractivity contribution in [3.05, 3.63) is 75.2 Å².